The van der Waals surface area contributed by atoms with Crippen LogP contribution in [0.5, 0.6) is 5.75 Å². The third kappa shape index (κ3) is 8.47. The van der Waals surface area contributed by atoms with Crippen molar-refractivity contribution >= 4 is 34.5 Å². The van der Waals surface area contributed by atoms with Crippen LogP contribution in [0.3, 0.4) is 0 Å². The number of fused-ring (bicyclic) bond motifs is 1. The van der Waals surface area contributed by atoms with Crippen molar-refractivity contribution in [1.29, 1.82) is 0 Å². The van der Waals surface area contributed by atoms with Gasteiger partial charge in [0.2, 0.25) is 5.91 Å². The van der Waals surface area contributed by atoms with Crippen LogP contribution in [0.4, 0.5) is 10.5 Å². The van der Waals surface area contributed by atoms with Crippen LogP contribution in [0.1, 0.15) is 65.9 Å². The number of anilines is 1. The van der Waals surface area contributed by atoms with Gasteiger partial charge < -0.3 is 34.1 Å². The lowest BCUT2D eigenvalue weighted by atomic mass is 9.95. The molecule has 7 rings (SSSR count). The number of hydrogen-bond donors (Lipinski definition) is 1. The van der Waals surface area contributed by atoms with E-state index in [0.717, 1.165) is 54.6 Å². The van der Waals surface area contributed by atoms with Crippen LogP contribution in [-0.2, 0) is 20.9 Å². The number of carbonyl (C=O) groups excluding carboxylic acids is 3. The van der Waals surface area contributed by atoms with Crippen LogP contribution >= 0.6 is 0 Å². The zero-order valence-electron chi connectivity index (χ0n) is 31.8. The molecular formula is C43H53N5O5. The highest BCUT2D eigenvalue weighted by Gasteiger charge is 2.39. The number of rotatable bonds is 9. The number of hydrogen-bond acceptors (Lipinski definition) is 6. The minimum Gasteiger partial charge on any atom is -0.478 e. The SMILES string of the molecule is CC(C)(C)OC(=O)N1CCN(C(=O)C(C)(C)Oc2cccc(N3CCC[C@@H](C(=O)N(Cc4ccc(-c5c[nH]c6ccccc56)cc4)C4CC4)C3)c2)CC1. The largest absolute Gasteiger partial charge is 0.478 e. The van der Waals surface area contributed by atoms with Gasteiger partial charge in [-0.15, -0.1) is 0 Å². The van der Waals surface area contributed by atoms with E-state index in [-0.39, 0.29) is 23.8 Å². The molecule has 1 aliphatic carbocycles. The Morgan fingerprint density at radius 2 is 1.55 bits per heavy atom. The molecule has 3 aromatic carbocycles. The zero-order chi connectivity index (χ0) is 37.3. The molecule has 2 aliphatic heterocycles. The molecular weight excluding hydrogens is 667 g/mol. The van der Waals surface area contributed by atoms with Gasteiger partial charge in [-0.2, -0.15) is 0 Å². The van der Waals surface area contributed by atoms with Crippen molar-refractivity contribution < 1.29 is 23.9 Å². The minimum atomic E-state index is -1.11. The predicted molar refractivity (Wildman–Crippen MR) is 208 cm³/mol. The van der Waals surface area contributed by atoms with Gasteiger partial charge >= 0.3 is 6.09 Å². The maximum Gasteiger partial charge on any atom is 0.410 e. The maximum atomic E-state index is 14.2. The summed E-state index contributed by atoms with van der Waals surface area (Å²) in [6.45, 7) is 12.9. The van der Waals surface area contributed by atoms with Crippen molar-refractivity contribution in [1.82, 2.24) is 19.7 Å². The fourth-order valence-electron chi connectivity index (χ4n) is 7.60. The number of nitrogens with zero attached hydrogens (tertiary/aromatic N) is 4. The van der Waals surface area contributed by atoms with Crippen molar-refractivity contribution in [3.63, 3.8) is 0 Å². The molecule has 0 radical (unpaired) electrons. The monoisotopic (exact) mass is 719 g/mol. The molecule has 0 spiro atoms. The van der Waals surface area contributed by atoms with Crippen LogP contribution in [0.25, 0.3) is 22.0 Å². The first-order chi connectivity index (χ1) is 25.3. The van der Waals surface area contributed by atoms with Crippen LogP contribution in [0.2, 0.25) is 0 Å². The van der Waals surface area contributed by atoms with E-state index in [4.69, 9.17) is 9.47 Å². The zero-order valence-corrected chi connectivity index (χ0v) is 31.8. The number of benzene rings is 3. The summed E-state index contributed by atoms with van der Waals surface area (Å²) in [5.74, 6) is 0.640. The van der Waals surface area contributed by atoms with Crippen LogP contribution in [0.15, 0.2) is 79.0 Å². The molecule has 3 fully saturated rings. The van der Waals surface area contributed by atoms with Gasteiger partial charge in [0.1, 0.15) is 11.4 Å². The second-order valence-corrected chi connectivity index (χ2v) is 16.3. The molecule has 2 saturated heterocycles. The highest BCUT2D eigenvalue weighted by Crippen LogP contribution is 2.35. The second kappa shape index (κ2) is 14.8. The summed E-state index contributed by atoms with van der Waals surface area (Å²) < 4.78 is 11.9. The molecule has 3 heterocycles. The van der Waals surface area contributed by atoms with E-state index in [1.54, 1.807) is 23.6 Å². The van der Waals surface area contributed by atoms with Gasteiger partial charge in [0.25, 0.3) is 5.91 Å². The fraction of sp³-hybridized carbons (Fsp3) is 0.465. The first-order valence-corrected chi connectivity index (χ1v) is 19.1. The second-order valence-electron chi connectivity index (χ2n) is 16.3. The highest BCUT2D eigenvalue weighted by atomic mass is 16.6. The van der Waals surface area contributed by atoms with E-state index in [2.05, 4.69) is 69.5 Å². The maximum absolute atomic E-state index is 14.2. The van der Waals surface area contributed by atoms with Gasteiger partial charge in [0.15, 0.2) is 5.60 Å². The summed E-state index contributed by atoms with van der Waals surface area (Å²) >= 11 is 0. The van der Waals surface area contributed by atoms with E-state index >= 15 is 0 Å². The number of aromatic nitrogens is 1. The van der Waals surface area contributed by atoms with Crippen molar-refractivity contribution in [2.75, 3.05) is 44.2 Å². The Bertz CT molecular complexity index is 1930. The Labute approximate surface area is 313 Å². The van der Waals surface area contributed by atoms with Crippen LogP contribution in [-0.4, -0.2) is 94.1 Å². The number of amides is 3. The number of para-hydroxylation sites is 1. The highest BCUT2D eigenvalue weighted by molar-refractivity contribution is 5.95. The molecule has 0 bridgehead atoms. The first kappa shape index (κ1) is 36.4. The first-order valence-electron chi connectivity index (χ1n) is 19.1. The molecule has 3 aliphatic rings. The normalized spacial score (nSPS) is 18.2. The van der Waals surface area contributed by atoms with Gasteiger partial charge in [-0.3, -0.25) is 9.59 Å². The molecule has 0 unspecified atom stereocenters. The number of ether oxygens (including phenoxy) is 2. The molecule has 3 amide bonds. The molecule has 10 nitrogen and oxygen atoms in total. The number of piperidine rings is 1. The van der Waals surface area contributed by atoms with Gasteiger partial charge in [-0.05, 0) is 89.6 Å². The Hall–Kier alpha value is -4.99. The van der Waals surface area contributed by atoms with Crippen molar-refractivity contribution in [3.05, 3.63) is 84.6 Å². The Morgan fingerprint density at radius 1 is 0.830 bits per heavy atom. The third-order valence-electron chi connectivity index (χ3n) is 10.5. The van der Waals surface area contributed by atoms with Gasteiger partial charge in [-0.1, -0.05) is 48.5 Å². The smallest absolute Gasteiger partial charge is 0.410 e. The van der Waals surface area contributed by atoms with E-state index in [1.807, 2.05) is 45.0 Å². The van der Waals surface area contributed by atoms with Crippen molar-refractivity contribution in [2.24, 2.45) is 5.92 Å². The van der Waals surface area contributed by atoms with E-state index in [0.29, 0.717) is 51.1 Å². The topological polar surface area (TPSA) is 98.4 Å². The molecule has 10 heteroatoms. The summed E-state index contributed by atoms with van der Waals surface area (Å²) in [5, 5.41) is 1.21. The van der Waals surface area contributed by atoms with Gasteiger partial charge in [0.05, 0.1) is 5.92 Å². The number of nitrogens with one attached hydrogen (secondary N) is 1. The summed E-state index contributed by atoms with van der Waals surface area (Å²) in [4.78, 5) is 51.5. The fourth-order valence-corrected chi connectivity index (χ4v) is 7.60. The minimum absolute atomic E-state index is 0.0863. The summed E-state index contributed by atoms with van der Waals surface area (Å²) in [7, 11) is 0. The molecule has 280 valence electrons. The summed E-state index contributed by atoms with van der Waals surface area (Å²) in [6.07, 6.45) is 5.63. The average molecular weight is 720 g/mol. The van der Waals surface area contributed by atoms with E-state index in [9.17, 15) is 14.4 Å². The lowest BCUT2D eigenvalue weighted by Crippen LogP contribution is -2.57. The lowest BCUT2D eigenvalue weighted by molar-refractivity contribution is -0.147. The standard InChI is InChI=1S/C43H53N5O5/c1-42(2,3)53-41(51)46-24-22-45(23-25-46)40(50)43(4,5)52-35-12-8-11-34(26-35)47-21-9-10-32(29-47)39(49)48(33-19-20-33)28-30-15-17-31(18-16-30)37-27-44-38-14-7-6-13-36(37)38/h6-8,11-18,26-27,32-33,44H,9-10,19-25,28-29H2,1-5H3/t32-/m1/s1. The quantitative estimate of drug-likeness (QED) is 0.193. The van der Waals surface area contributed by atoms with Crippen molar-refractivity contribution in [3.8, 4) is 16.9 Å². The predicted octanol–water partition coefficient (Wildman–Crippen LogP) is 7.48. The average Bonchev–Trinajstić information content (AvgIpc) is 3.90. The van der Waals surface area contributed by atoms with Gasteiger partial charge in [-0.25, -0.2) is 4.79 Å². The molecule has 1 aromatic heterocycles. The molecule has 1 saturated carbocycles. The third-order valence-corrected chi connectivity index (χ3v) is 10.5. The summed E-state index contributed by atoms with van der Waals surface area (Å²) in [6, 6.07) is 25.2. The van der Waals surface area contributed by atoms with Crippen LogP contribution in [0, 0.1) is 5.92 Å². The Balaban J connectivity index is 0.960. The molecule has 1 N–H and O–H groups in total. The number of H-pyrrole nitrogens is 1. The molecule has 1 atom stereocenters. The van der Waals surface area contributed by atoms with E-state index < -0.39 is 11.2 Å². The van der Waals surface area contributed by atoms with Gasteiger partial charge in [0, 0.05) is 86.3 Å². The Morgan fingerprint density at radius 3 is 2.26 bits per heavy atom. The Kier molecular flexibility index (Phi) is 10.2. The summed E-state index contributed by atoms with van der Waals surface area (Å²) in [5.41, 5.74) is 3.93. The number of carbonyl (C=O) groups is 3. The molecule has 4 aromatic rings. The lowest BCUT2D eigenvalue weighted by Gasteiger charge is -2.39. The van der Waals surface area contributed by atoms with E-state index in [1.165, 1.54) is 10.9 Å². The number of aromatic amines is 1. The van der Waals surface area contributed by atoms with Crippen molar-refractivity contribution in [2.45, 2.75) is 84.1 Å². The molecule has 53 heavy (non-hydrogen) atoms. The number of piperazine rings is 1. The van der Waals surface area contributed by atoms with Crippen LogP contribution < -0.4 is 9.64 Å².